The van der Waals surface area contributed by atoms with Gasteiger partial charge in [-0.15, -0.1) is 0 Å². The summed E-state index contributed by atoms with van der Waals surface area (Å²) in [6, 6.07) is 22.8. The van der Waals surface area contributed by atoms with Crippen LogP contribution in [0.1, 0.15) is 22.3 Å². The summed E-state index contributed by atoms with van der Waals surface area (Å²) in [5.41, 5.74) is 7.54. The highest BCUT2D eigenvalue weighted by molar-refractivity contribution is 5.81. The summed E-state index contributed by atoms with van der Waals surface area (Å²) in [4.78, 5) is 24.4. The van der Waals surface area contributed by atoms with Crippen LogP contribution in [0.5, 0.6) is 0 Å². The number of benzene rings is 3. The second kappa shape index (κ2) is 15.3. The van der Waals surface area contributed by atoms with Gasteiger partial charge in [-0.3, -0.25) is 0 Å². The maximum atomic E-state index is 11.1. The fourth-order valence-corrected chi connectivity index (χ4v) is 3.69. The van der Waals surface area contributed by atoms with Crippen molar-refractivity contribution >= 4 is 29.0 Å². The highest BCUT2D eigenvalue weighted by atomic mass is 16.6. The predicted octanol–water partition coefficient (Wildman–Crippen LogP) is 6.26. The average Bonchev–Trinajstić information content (AvgIpc) is 2.96. The molecule has 0 aliphatic heterocycles. The minimum Gasteiger partial charge on any atom is -0.460 e. The van der Waals surface area contributed by atoms with Gasteiger partial charge in [0.2, 0.25) is 0 Å². The lowest BCUT2D eigenvalue weighted by Crippen LogP contribution is -2.11. The van der Waals surface area contributed by atoms with Crippen LogP contribution in [-0.2, 0) is 41.8 Å². The molecule has 0 saturated carbocycles. The summed E-state index contributed by atoms with van der Waals surface area (Å²) in [7, 11) is 0. The molecule has 0 aromatic heterocycles. The van der Waals surface area contributed by atoms with E-state index in [2.05, 4.69) is 74.4 Å². The van der Waals surface area contributed by atoms with Crippen molar-refractivity contribution in [2.45, 2.75) is 27.1 Å². The Bertz CT molecular complexity index is 1180. The van der Waals surface area contributed by atoms with Crippen molar-refractivity contribution in [3.8, 4) is 0 Å². The Balaban J connectivity index is 1.69. The van der Waals surface area contributed by atoms with Gasteiger partial charge in [0, 0.05) is 29.2 Å². The molecule has 0 bridgehead atoms. The van der Waals surface area contributed by atoms with Crippen molar-refractivity contribution in [3.63, 3.8) is 0 Å². The lowest BCUT2D eigenvalue weighted by atomic mass is 10.1. The molecule has 3 aromatic carbocycles. The zero-order chi connectivity index (χ0) is 28.0. The summed E-state index contributed by atoms with van der Waals surface area (Å²) in [6.45, 7) is 12.8. The van der Waals surface area contributed by atoms with E-state index in [1.807, 2.05) is 24.3 Å². The highest BCUT2D eigenvalue weighted by Crippen LogP contribution is 2.35. The summed E-state index contributed by atoms with van der Waals surface area (Å²) >= 11 is 0. The summed E-state index contributed by atoms with van der Waals surface area (Å²) in [5.74, 6) is -0.914. The van der Waals surface area contributed by atoms with Crippen LogP contribution in [0.25, 0.3) is 0 Å². The van der Waals surface area contributed by atoms with Gasteiger partial charge in [-0.05, 0) is 72.5 Å². The first-order chi connectivity index (χ1) is 18.9. The first kappa shape index (κ1) is 29.4. The molecular formula is C32H35NO6. The van der Waals surface area contributed by atoms with E-state index in [4.69, 9.17) is 18.9 Å². The van der Waals surface area contributed by atoms with Crippen molar-refractivity contribution < 1.29 is 28.5 Å². The molecule has 7 heteroatoms. The molecule has 39 heavy (non-hydrogen) atoms. The van der Waals surface area contributed by atoms with Crippen LogP contribution in [0, 0.1) is 13.8 Å². The number of hydrogen-bond donors (Lipinski definition) is 0. The lowest BCUT2D eigenvalue weighted by Gasteiger charge is -2.26. The molecule has 0 unspecified atom stereocenters. The predicted molar refractivity (Wildman–Crippen MR) is 152 cm³/mol. The van der Waals surface area contributed by atoms with E-state index < -0.39 is 11.9 Å². The normalized spacial score (nSPS) is 10.5. The second-order valence-corrected chi connectivity index (χ2v) is 8.79. The third-order valence-electron chi connectivity index (χ3n) is 5.95. The number of nitrogens with zero attached hydrogens (tertiary/aromatic N) is 1. The molecule has 0 atom stereocenters. The van der Waals surface area contributed by atoms with Crippen LogP contribution < -0.4 is 4.90 Å². The molecule has 0 aliphatic rings. The van der Waals surface area contributed by atoms with Crippen LogP contribution in [0.15, 0.2) is 92.0 Å². The van der Waals surface area contributed by atoms with Crippen molar-refractivity contribution in [3.05, 3.63) is 114 Å². The Morgan fingerprint density at radius 2 is 1.08 bits per heavy atom. The molecule has 0 saturated heterocycles. The molecule has 7 nitrogen and oxygen atoms in total. The Hall–Kier alpha value is -4.20. The molecule has 0 radical (unpaired) electrons. The van der Waals surface area contributed by atoms with E-state index in [1.165, 1.54) is 11.1 Å². The van der Waals surface area contributed by atoms with Crippen LogP contribution in [0.2, 0.25) is 0 Å². The fourth-order valence-electron chi connectivity index (χ4n) is 3.69. The molecule has 0 aliphatic carbocycles. The second-order valence-electron chi connectivity index (χ2n) is 8.79. The third kappa shape index (κ3) is 9.25. The van der Waals surface area contributed by atoms with Crippen LogP contribution in [-0.4, -0.2) is 38.4 Å². The number of rotatable bonds is 15. The average molecular weight is 530 g/mol. The largest absolute Gasteiger partial charge is 0.460 e. The minimum absolute atomic E-state index is 0.188. The standard InChI is InChI=1S/C32H35NO6/c1-5-31(34)38-19-17-36-22-26-8-13-28(14-9-26)33(30-12-7-24(3)25(4)21-30)29-15-10-27(11-16-29)23-37-18-20-39-32(35)6-2/h5-16,21H,1-2,17-20,22-23H2,3-4H3. The maximum Gasteiger partial charge on any atom is 0.330 e. The molecular weight excluding hydrogens is 494 g/mol. The number of aryl methyl sites for hydroxylation is 2. The number of carbonyl (C=O) groups is 2. The summed E-state index contributed by atoms with van der Waals surface area (Å²) in [6.07, 6.45) is 2.27. The van der Waals surface area contributed by atoms with Crippen molar-refractivity contribution in [1.82, 2.24) is 0 Å². The van der Waals surface area contributed by atoms with E-state index in [9.17, 15) is 9.59 Å². The smallest absolute Gasteiger partial charge is 0.330 e. The van der Waals surface area contributed by atoms with Gasteiger partial charge in [-0.1, -0.05) is 43.5 Å². The van der Waals surface area contributed by atoms with Crippen LogP contribution >= 0.6 is 0 Å². The molecule has 0 N–H and O–H groups in total. The van der Waals surface area contributed by atoms with E-state index in [0.29, 0.717) is 26.4 Å². The van der Waals surface area contributed by atoms with Gasteiger partial charge in [-0.2, -0.15) is 0 Å². The van der Waals surface area contributed by atoms with E-state index in [1.54, 1.807) is 0 Å². The van der Waals surface area contributed by atoms with Gasteiger partial charge in [0.05, 0.1) is 26.4 Å². The SMILES string of the molecule is C=CC(=O)OCCOCc1ccc(N(c2ccc(COCCOC(=O)C=C)cc2)c2ccc(C)c(C)c2)cc1. The third-order valence-corrected chi connectivity index (χ3v) is 5.95. The van der Waals surface area contributed by atoms with E-state index in [0.717, 1.165) is 40.3 Å². The van der Waals surface area contributed by atoms with Crippen LogP contribution in [0.3, 0.4) is 0 Å². The van der Waals surface area contributed by atoms with Gasteiger partial charge in [0.25, 0.3) is 0 Å². The van der Waals surface area contributed by atoms with Crippen molar-refractivity contribution in [1.29, 1.82) is 0 Å². The number of hydrogen-bond acceptors (Lipinski definition) is 7. The molecule has 0 amide bonds. The summed E-state index contributed by atoms with van der Waals surface area (Å²) < 4.78 is 21.1. The summed E-state index contributed by atoms with van der Waals surface area (Å²) in [5, 5.41) is 0. The van der Waals surface area contributed by atoms with Gasteiger partial charge >= 0.3 is 11.9 Å². The highest BCUT2D eigenvalue weighted by Gasteiger charge is 2.13. The van der Waals surface area contributed by atoms with Crippen molar-refractivity contribution in [2.24, 2.45) is 0 Å². The molecule has 0 heterocycles. The Morgan fingerprint density at radius 3 is 1.49 bits per heavy atom. The van der Waals surface area contributed by atoms with Crippen molar-refractivity contribution in [2.75, 3.05) is 31.3 Å². The monoisotopic (exact) mass is 529 g/mol. The Morgan fingerprint density at radius 1 is 0.641 bits per heavy atom. The molecule has 3 rings (SSSR count). The number of anilines is 3. The molecule has 0 fully saturated rings. The quantitative estimate of drug-likeness (QED) is 0.131. The van der Waals surface area contributed by atoms with E-state index in [-0.39, 0.29) is 13.2 Å². The molecule has 0 spiro atoms. The Kier molecular flexibility index (Phi) is 11.5. The zero-order valence-electron chi connectivity index (χ0n) is 22.6. The first-order valence-electron chi connectivity index (χ1n) is 12.7. The molecule has 204 valence electrons. The molecule has 3 aromatic rings. The van der Waals surface area contributed by atoms with Crippen LogP contribution in [0.4, 0.5) is 17.1 Å². The topological polar surface area (TPSA) is 74.3 Å². The fraction of sp³-hybridized carbons (Fsp3) is 0.250. The number of esters is 2. The minimum atomic E-state index is -0.457. The van der Waals surface area contributed by atoms with Gasteiger partial charge in [0.1, 0.15) is 13.2 Å². The van der Waals surface area contributed by atoms with Gasteiger partial charge in [-0.25, -0.2) is 9.59 Å². The lowest BCUT2D eigenvalue weighted by molar-refractivity contribution is -0.140. The maximum absolute atomic E-state index is 11.1. The number of carbonyl (C=O) groups excluding carboxylic acids is 2. The Labute approximate surface area is 230 Å². The number of ether oxygens (including phenoxy) is 4. The van der Waals surface area contributed by atoms with Gasteiger partial charge < -0.3 is 23.8 Å². The zero-order valence-corrected chi connectivity index (χ0v) is 22.6. The van der Waals surface area contributed by atoms with E-state index >= 15 is 0 Å². The van der Waals surface area contributed by atoms with Gasteiger partial charge in [0.15, 0.2) is 0 Å². The first-order valence-corrected chi connectivity index (χ1v) is 12.7.